The predicted molar refractivity (Wildman–Crippen MR) is 117 cm³/mol. The zero-order chi connectivity index (χ0) is 22.4. The number of rotatable bonds is 7. The number of H-pyrrole nitrogens is 1. The number of para-hydroxylation sites is 1. The van der Waals surface area contributed by atoms with Crippen LogP contribution in [0.4, 0.5) is 16.2 Å². The molecule has 0 fully saturated rings. The van der Waals surface area contributed by atoms with Crippen molar-refractivity contribution < 1.29 is 19.4 Å². The molecule has 3 N–H and O–H groups in total. The summed E-state index contributed by atoms with van der Waals surface area (Å²) in [4.78, 5) is 40.1. The summed E-state index contributed by atoms with van der Waals surface area (Å²) in [6.07, 6.45) is 1.20. The summed E-state index contributed by atoms with van der Waals surface area (Å²) in [6.45, 7) is 2.01. The van der Waals surface area contributed by atoms with E-state index in [-0.39, 0.29) is 17.7 Å². The fraction of sp³-hybridized carbons (Fsp3) is 0.182. The van der Waals surface area contributed by atoms with Crippen LogP contribution in [0.15, 0.2) is 58.3 Å². The molecule has 0 saturated carbocycles. The van der Waals surface area contributed by atoms with Crippen molar-refractivity contribution in [3.8, 4) is 5.69 Å². The van der Waals surface area contributed by atoms with Crippen molar-refractivity contribution >= 4 is 29.7 Å². The van der Waals surface area contributed by atoms with Crippen LogP contribution in [0, 0.1) is 0 Å². The van der Waals surface area contributed by atoms with Crippen molar-refractivity contribution in [1.82, 2.24) is 9.78 Å². The number of ether oxygens (including phenoxy) is 1. The number of aromatic amines is 1. The van der Waals surface area contributed by atoms with E-state index in [9.17, 15) is 19.5 Å². The Hall–Kier alpha value is -4.14. The van der Waals surface area contributed by atoms with E-state index in [0.717, 1.165) is 17.7 Å². The maximum absolute atomic E-state index is 13.0. The smallest absolute Gasteiger partial charge is 0.411 e. The number of aryl methyl sites for hydroxylation is 1. The Bertz CT molecular complexity index is 1180. The molecule has 3 aromatic rings. The van der Waals surface area contributed by atoms with Gasteiger partial charge in [0.2, 0.25) is 0 Å². The molecule has 2 aromatic carbocycles. The molecule has 9 nitrogen and oxygen atoms in total. The van der Waals surface area contributed by atoms with Gasteiger partial charge in [-0.15, -0.1) is 0 Å². The largest absolute Gasteiger partial charge is 0.481 e. The van der Waals surface area contributed by atoms with Crippen molar-refractivity contribution in [2.45, 2.75) is 19.8 Å². The topological polar surface area (TPSA) is 126 Å². The van der Waals surface area contributed by atoms with Gasteiger partial charge in [0.25, 0.3) is 5.56 Å². The monoisotopic (exact) mass is 422 g/mol. The molecule has 0 unspecified atom stereocenters. The second-order valence-electron chi connectivity index (χ2n) is 6.62. The predicted octanol–water partition coefficient (Wildman–Crippen LogP) is 3.28. The van der Waals surface area contributed by atoms with Crippen LogP contribution in [-0.2, 0) is 22.4 Å². The van der Waals surface area contributed by atoms with Crippen molar-refractivity contribution in [1.29, 1.82) is 0 Å². The lowest BCUT2D eigenvalue weighted by molar-refractivity contribution is -0.136. The summed E-state index contributed by atoms with van der Waals surface area (Å²) in [7, 11) is 1.26. The molecular formula is C22H22N4O5. The van der Waals surface area contributed by atoms with Crippen LogP contribution >= 0.6 is 0 Å². The van der Waals surface area contributed by atoms with Crippen LogP contribution in [0.2, 0.25) is 0 Å². The highest BCUT2D eigenvalue weighted by atomic mass is 16.5. The average molecular weight is 422 g/mol. The van der Waals surface area contributed by atoms with Crippen LogP contribution in [0.25, 0.3) is 5.69 Å². The van der Waals surface area contributed by atoms with E-state index in [1.807, 2.05) is 31.2 Å². The molecule has 160 valence electrons. The highest BCUT2D eigenvalue weighted by Gasteiger charge is 2.16. The Morgan fingerprint density at radius 2 is 1.90 bits per heavy atom. The lowest BCUT2D eigenvalue weighted by atomic mass is 10.1. The van der Waals surface area contributed by atoms with Crippen LogP contribution in [0.1, 0.15) is 23.7 Å². The molecule has 0 saturated heterocycles. The van der Waals surface area contributed by atoms with E-state index in [2.05, 4.69) is 20.1 Å². The SMILES string of the molecule is CCc1ccccc1N=Cc1c(CC(=O)O)[nH]n(-c2ccc(NC(=O)OC)cc2)c1=O. The van der Waals surface area contributed by atoms with Gasteiger partial charge in [-0.2, -0.15) is 0 Å². The van der Waals surface area contributed by atoms with E-state index in [0.29, 0.717) is 11.4 Å². The summed E-state index contributed by atoms with van der Waals surface area (Å²) < 4.78 is 5.79. The minimum Gasteiger partial charge on any atom is -0.481 e. The van der Waals surface area contributed by atoms with Gasteiger partial charge in [0.1, 0.15) is 0 Å². The number of carbonyl (C=O) groups is 2. The number of methoxy groups -OCH3 is 1. The number of hydrogen-bond donors (Lipinski definition) is 3. The number of carboxylic acid groups (broad SMARTS) is 1. The number of aromatic nitrogens is 2. The van der Waals surface area contributed by atoms with Crippen molar-refractivity contribution in [2.75, 3.05) is 12.4 Å². The van der Waals surface area contributed by atoms with E-state index in [1.54, 1.807) is 24.3 Å². The Balaban J connectivity index is 1.99. The third-order valence-electron chi connectivity index (χ3n) is 4.60. The molecule has 9 heteroatoms. The number of anilines is 1. The molecule has 1 amide bonds. The first-order valence-electron chi connectivity index (χ1n) is 9.56. The third-order valence-corrected chi connectivity index (χ3v) is 4.60. The molecule has 0 atom stereocenters. The van der Waals surface area contributed by atoms with Crippen molar-refractivity contribution in [2.24, 2.45) is 4.99 Å². The van der Waals surface area contributed by atoms with E-state index < -0.39 is 17.6 Å². The molecule has 0 aliphatic heterocycles. The first-order chi connectivity index (χ1) is 14.9. The highest BCUT2D eigenvalue weighted by Crippen LogP contribution is 2.19. The molecule has 0 radical (unpaired) electrons. The maximum atomic E-state index is 13.0. The zero-order valence-electron chi connectivity index (χ0n) is 17.1. The Morgan fingerprint density at radius 1 is 1.19 bits per heavy atom. The van der Waals surface area contributed by atoms with Crippen molar-refractivity contribution in [3.05, 3.63) is 75.7 Å². The van der Waals surface area contributed by atoms with E-state index >= 15 is 0 Å². The van der Waals surface area contributed by atoms with Gasteiger partial charge < -0.3 is 9.84 Å². The van der Waals surface area contributed by atoms with Crippen LogP contribution in [-0.4, -0.2) is 40.3 Å². The Morgan fingerprint density at radius 3 is 2.55 bits per heavy atom. The van der Waals surface area contributed by atoms with E-state index in [1.165, 1.54) is 18.0 Å². The molecule has 3 rings (SSSR count). The summed E-state index contributed by atoms with van der Waals surface area (Å²) in [5.74, 6) is -1.07. The number of hydrogen-bond acceptors (Lipinski definition) is 5. The number of aliphatic imine (C=N–C) groups is 1. The second kappa shape index (κ2) is 9.57. The summed E-state index contributed by atoms with van der Waals surface area (Å²) in [5, 5.41) is 14.6. The summed E-state index contributed by atoms with van der Waals surface area (Å²) in [6, 6.07) is 14.0. The lowest BCUT2D eigenvalue weighted by Crippen LogP contribution is -2.17. The van der Waals surface area contributed by atoms with Gasteiger partial charge in [-0.3, -0.25) is 25.0 Å². The first-order valence-corrected chi connectivity index (χ1v) is 9.56. The number of nitrogens with one attached hydrogen (secondary N) is 2. The summed E-state index contributed by atoms with van der Waals surface area (Å²) >= 11 is 0. The van der Waals surface area contributed by atoms with E-state index in [4.69, 9.17) is 0 Å². The third kappa shape index (κ3) is 5.08. The molecule has 1 aromatic heterocycles. The van der Waals surface area contributed by atoms with Gasteiger partial charge in [-0.1, -0.05) is 25.1 Å². The number of carboxylic acids is 1. The fourth-order valence-corrected chi connectivity index (χ4v) is 3.03. The van der Waals surface area contributed by atoms with Gasteiger partial charge >= 0.3 is 12.1 Å². The quantitative estimate of drug-likeness (QED) is 0.504. The molecule has 0 aliphatic rings. The minimum atomic E-state index is -1.07. The minimum absolute atomic E-state index is 0.171. The molecule has 0 spiro atoms. The number of amides is 1. The molecule has 0 aliphatic carbocycles. The average Bonchev–Trinajstić information content (AvgIpc) is 3.07. The number of benzene rings is 2. The van der Waals surface area contributed by atoms with Gasteiger partial charge in [0.05, 0.1) is 36.2 Å². The van der Waals surface area contributed by atoms with Gasteiger partial charge in [-0.05, 0) is 42.3 Å². The maximum Gasteiger partial charge on any atom is 0.411 e. The number of nitrogens with zero attached hydrogens (tertiary/aromatic N) is 2. The lowest BCUT2D eigenvalue weighted by Gasteiger charge is -2.05. The van der Waals surface area contributed by atoms with Gasteiger partial charge in [0.15, 0.2) is 0 Å². The molecule has 0 bridgehead atoms. The molecular weight excluding hydrogens is 400 g/mol. The zero-order valence-corrected chi connectivity index (χ0v) is 17.1. The molecule has 1 heterocycles. The van der Waals surface area contributed by atoms with Crippen LogP contribution in [0.5, 0.6) is 0 Å². The standard InChI is InChI=1S/C22H22N4O5/c1-3-14-6-4-5-7-18(14)23-13-17-19(12-20(27)28)25-26(21(17)29)16-10-8-15(9-11-16)24-22(30)31-2/h4-11,13,25H,3,12H2,1-2H3,(H,24,30)(H,27,28). The first kappa shape index (κ1) is 21.6. The van der Waals surface area contributed by atoms with Gasteiger partial charge in [-0.25, -0.2) is 9.48 Å². The Kier molecular flexibility index (Phi) is 6.66. The van der Waals surface area contributed by atoms with Crippen molar-refractivity contribution in [3.63, 3.8) is 0 Å². The molecule has 31 heavy (non-hydrogen) atoms. The number of aliphatic carboxylic acids is 1. The number of carbonyl (C=O) groups excluding carboxylic acids is 1. The Labute approximate surface area is 178 Å². The second-order valence-corrected chi connectivity index (χ2v) is 6.62. The van der Waals surface area contributed by atoms with Crippen LogP contribution in [0.3, 0.4) is 0 Å². The highest BCUT2D eigenvalue weighted by molar-refractivity contribution is 5.86. The normalized spacial score (nSPS) is 10.9. The van der Waals surface area contributed by atoms with Crippen LogP contribution < -0.4 is 10.9 Å². The van der Waals surface area contributed by atoms with Gasteiger partial charge in [0, 0.05) is 11.9 Å². The summed E-state index contributed by atoms with van der Waals surface area (Å²) in [5.41, 5.74) is 2.68. The fourth-order valence-electron chi connectivity index (χ4n) is 3.03.